The standard InChI is InChI=1S/C13H11ClF2N4O2S/c1-20-10(13(15)16)5-12(18-20)19-23(21,22)11-6-17-9-4-7(14)2-3-8(9)11/h2-6,13,17H,1H3,(H,18,19). The predicted octanol–water partition coefficient (Wildman–Crippen LogP) is 3.29. The largest absolute Gasteiger partial charge is 0.360 e. The van der Waals surface area contributed by atoms with Crippen molar-refractivity contribution in [3.05, 3.63) is 41.2 Å². The van der Waals surface area contributed by atoms with Crippen molar-refractivity contribution in [2.75, 3.05) is 4.72 Å². The molecule has 2 aromatic heterocycles. The molecule has 122 valence electrons. The van der Waals surface area contributed by atoms with Gasteiger partial charge >= 0.3 is 0 Å². The molecule has 1 aromatic carbocycles. The second-order valence-electron chi connectivity index (χ2n) is 4.83. The van der Waals surface area contributed by atoms with Gasteiger partial charge in [-0.1, -0.05) is 11.6 Å². The molecule has 0 aliphatic carbocycles. The van der Waals surface area contributed by atoms with Crippen LogP contribution in [0.1, 0.15) is 12.1 Å². The fourth-order valence-corrected chi connectivity index (χ4v) is 3.56. The van der Waals surface area contributed by atoms with Crippen molar-refractivity contribution >= 4 is 38.3 Å². The molecule has 2 N–H and O–H groups in total. The number of nitrogens with one attached hydrogen (secondary N) is 2. The van der Waals surface area contributed by atoms with Gasteiger partial charge in [0.15, 0.2) is 5.82 Å². The van der Waals surface area contributed by atoms with Crippen LogP contribution in [0.2, 0.25) is 5.02 Å². The van der Waals surface area contributed by atoms with Gasteiger partial charge in [0.1, 0.15) is 10.6 Å². The zero-order chi connectivity index (χ0) is 16.8. The second-order valence-corrected chi connectivity index (χ2v) is 6.91. The zero-order valence-corrected chi connectivity index (χ0v) is 13.3. The number of hydrogen-bond donors (Lipinski definition) is 2. The molecule has 0 radical (unpaired) electrons. The maximum atomic E-state index is 12.7. The Morgan fingerprint density at radius 3 is 2.74 bits per heavy atom. The minimum Gasteiger partial charge on any atom is -0.360 e. The average molecular weight is 361 g/mol. The summed E-state index contributed by atoms with van der Waals surface area (Å²) in [6.07, 6.45) is -1.44. The molecule has 6 nitrogen and oxygen atoms in total. The molecule has 0 amide bonds. The summed E-state index contributed by atoms with van der Waals surface area (Å²) in [6.45, 7) is 0. The van der Waals surface area contributed by atoms with Crippen molar-refractivity contribution in [3.8, 4) is 0 Å². The van der Waals surface area contributed by atoms with E-state index in [1.807, 2.05) is 0 Å². The summed E-state index contributed by atoms with van der Waals surface area (Å²) in [5, 5.41) is 4.63. The Morgan fingerprint density at radius 2 is 2.09 bits per heavy atom. The van der Waals surface area contributed by atoms with E-state index < -0.39 is 16.4 Å². The van der Waals surface area contributed by atoms with E-state index in [4.69, 9.17) is 11.6 Å². The fraction of sp³-hybridized carbons (Fsp3) is 0.154. The lowest BCUT2D eigenvalue weighted by Crippen LogP contribution is -2.13. The minimum atomic E-state index is -3.98. The molecule has 0 aliphatic rings. The molecule has 0 unspecified atom stereocenters. The predicted molar refractivity (Wildman–Crippen MR) is 82.3 cm³/mol. The van der Waals surface area contributed by atoms with E-state index in [9.17, 15) is 17.2 Å². The van der Waals surface area contributed by atoms with E-state index in [0.717, 1.165) is 10.7 Å². The minimum absolute atomic E-state index is 0.0200. The van der Waals surface area contributed by atoms with Crippen LogP contribution in [-0.2, 0) is 17.1 Å². The molecule has 0 saturated heterocycles. The summed E-state index contributed by atoms with van der Waals surface area (Å²) in [5.41, 5.74) is 0.167. The first-order valence-corrected chi connectivity index (χ1v) is 8.25. The fourth-order valence-electron chi connectivity index (χ4n) is 2.22. The Balaban J connectivity index is 1.99. The quantitative estimate of drug-likeness (QED) is 0.749. The lowest BCUT2D eigenvalue weighted by molar-refractivity contribution is 0.141. The Kier molecular flexibility index (Phi) is 3.77. The molecular formula is C13H11ClF2N4O2S. The number of halogens is 3. The number of hydrogen-bond acceptors (Lipinski definition) is 3. The highest BCUT2D eigenvalue weighted by Gasteiger charge is 2.22. The molecule has 3 rings (SSSR count). The number of fused-ring (bicyclic) bond motifs is 1. The average Bonchev–Trinajstić information content (AvgIpc) is 3.01. The summed E-state index contributed by atoms with van der Waals surface area (Å²) in [4.78, 5) is 2.79. The van der Waals surface area contributed by atoms with Crippen LogP contribution in [-0.4, -0.2) is 23.2 Å². The highest BCUT2D eigenvalue weighted by molar-refractivity contribution is 7.93. The highest BCUT2D eigenvalue weighted by atomic mass is 35.5. The van der Waals surface area contributed by atoms with E-state index in [2.05, 4.69) is 14.8 Å². The highest BCUT2D eigenvalue weighted by Crippen LogP contribution is 2.27. The summed E-state index contributed by atoms with van der Waals surface area (Å²) in [7, 11) is -2.67. The topological polar surface area (TPSA) is 79.8 Å². The van der Waals surface area contributed by atoms with Gasteiger partial charge in [0.25, 0.3) is 16.4 Å². The normalized spacial score (nSPS) is 12.2. The van der Waals surface area contributed by atoms with Crippen molar-refractivity contribution in [1.29, 1.82) is 0 Å². The lowest BCUT2D eigenvalue weighted by Gasteiger charge is -2.04. The Bertz CT molecular complexity index is 981. The summed E-state index contributed by atoms with van der Waals surface area (Å²) in [5.74, 6) is -0.175. The van der Waals surface area contributed by atoms with Crippen molar-refractivity contribution in [2.45, 2.75) is 11.3 Å². The van der Waals surface area contributed by atoms with Gasteiger partial charge in [-0.2, -0.15) is 5.10 Å². The summed E-state index contributed by atoms with van der Waals surface area (Å²) in [6, 6.07) is 5.71. The maximum Gasteiger partial charge on any atom is 0.280 e. The van der Waals surface area contributed by atoms with Crippen molar-refractivity contribution in [2.24, 2.45) is 7.05 Å². The first-order chi connectivity index (χ1) is 10.8. The van der Waals surface area contributed by atoms with Gasteiger partial charge in [-0.3, -0.25) is 9.40 Å². The van der Waals surface area contributed by atoms with Gasteiger partial charge < -0.3 is 4.98 Å². The van der Waals surface area contributed by atoms with E-state index in [1.54, 1.807) is 18.2 Å². The van der Waals surface area contributed by atoms with Gasteiger partial charge in [0.05, 0.1) is 0 Å². The SMILES string of the molecule is Cn1nc(NS(=O)(=O)c2c[nH]c3cc(Cl)ccc23)cc1C(F)F. The Hall–Kier alpha value is -2.13. The van der Waals surface area contributed by atoms with Crippen LogP contribution < -0.4 is 4.72 Å². The van der Waals surface area contributed by atoms with Gasteiger partial charge in [-0.25, -0.2) is 17.2 Å². The van der Waals surface area contributed by atoms with Crippen LogP contribution in [0.5, 0.6) is 0 Å². The number of H-pyrrole nitrogens is 1. The third kappa shape index (κ3) is 2.89. The maximum absolute atomic E-state index is 12.7. The first kappa shape index (κ1) is 15.8. The number of nitrogens with zero attached hydrogens (tertiary/aromatic N) is 2. The third-order valence-electron chi connectivity index (χ3n) is 3.27. The summed E-state index contributed by atoms with van der Waals surface area (Å²) >= 11 is 5.85. The van der Waals surface area contributed by atoms with Crippen molar-refractivity contribution in [1.82, 2.24) is 14.8 Å². The summed E-state index contributed by atoms with van der Waals surface area (Å²) < 4.78 is 53.5. The Labute approximate surface area is 135 Å². The molecule has 10 heteroatoms. The van der Waals surface area contributed by atoms with Gasteiger partial charge in [-0.05, 0) is 18.2 Å². The number of aryl methyl sites for hydroxylation is 1. The van der Waals surface area contributed by atoms with Gasteiger partial charge in [0.2, 0.25) is 0 Å². The van der Waals surface area contributed by atoms with Crippen LogP contribution >= 0.6 is 11.6 Å². The number of alkyl halides is 2. The zero-order valence-electron chi connectivity index (χ0n) is 11.7. The molecule has 3 aromatic rings. The van der Waals surface area contributed by atoms with Crippen molar-refractivity contribution < 1.29 is 17.2 Å². The molecule has 0 atom stereocenters. The van der Waals surface area contributed by atoms with E-state index in [1.165, 1.54) is 13.2 Å². The molecule has 23 heavy (non-hydrogen) atoms. The van der Waals surface area contributed by atoms with Gasteiger partial charge in [-0.15, -0.1) is 0 Å². The number of aromatic nitrogens is 3. The lowest BCUT2D eigenvalue weighted by atomic mass is 10.2. The monoisotopic (exact) mass is 360 g/mol. The van der Waals surface area contributed by atoms with Crippen molar-refractivity contribution in [3.63, 3.8) is 0 Å². The van der Waals surface area contributed by atoms with Crippen LogP contribution in [0.4, 0.5) is 14.6 Å². The van der Waals surface area contributed by atoms with E-state index in [-0.39, 0.29) is 16.4 Å². The number of benzene rings is 1. The Morgan fingerprint density at radius 1 is 1.35 bits per heavy atom. The molecule has 0 spiro atoms. The van der Waals surface area contributed by atoms with E-state index in [0.29, 0.717) is 15.9 Å². The molecule has 0 fully saturated rings. The third-order valence-corrected chi connectivity index (χ3v) is 4.90. The molecule has 0 bridgehead atoms. The molecule has 2 heterocycles. The molecule has 0 aliphatic heterocycles. The smallest absolute Gasteiger partial charge is 0.280 e. The first-order valence-electron chi connectivity index (χ1n) is 6.39. The molecule has 0 saturated carbocycles. The molecular weight excluding hydrogens is 350 g/mol. The van der Waals surface area contributed by atoms with Crippen LogP contribution in [0.3, 0.4) is 0 Å². The van der Waals surface area contributed by atoms with E-state index >= 15 is 0 Å². The van der Waals surface area contributed by atoms with Crippen LogP contribution in [0.15, 0.2) is 35.4 Å². The number of sulfonamides is 1. The number of rotatable bonds is 4. The number of aromatic amines is 1. The number of anilines is 1. The van der Waals surface area contributed by atoms with Crippen LogP contribution in [0.25, 0.3) is 10.9 Å². The second kappa shape index (κ2) is 5.50. The van der Waals surface area contributed by atoms with Gasteiger partial charge in [0, 0.05) is 35.2 Å². The van der Waals surface area contributed by atoms with Crippen LogP contribution in [0, 0.1) is 0 Å².